The van der Waals surface area contributed by atoms with Crippen molar-refractivity contribution in [3.8, 4) is 0 Å². The molecule has 0 aromatic carbocycles. The van der Waals surface area contributed by atoms with Crippen LogP contribution >= 0.6 is 22.7 Å². The highest BCUT2D eigenvalue weighted by atomic mass is 32.2. The average molecular weight is 343 g/mol. The summed E-state index contributed by atoms with van der Waals surface area (Å²) in [5.41, 5.74) is 5.54. The fraction of sp³-hybridized carbons (Fsp3) is 0.429. The first-order valence-electron chi connectivity index (χ1n) is 6.94. The monoisotopic (exact) mass is 342 g/mol. The second-order valence-corrected chi connectivity index (χ2v) is 9.44. The maximum absolute atomic E-state index is 12.9. The third-order valence-electron chi connectivity index (χ3n) is 3.44. The van der Waals surface area contributed by atoms with Crippen LogP contribution in [-0.2, 0) is 23.0 Å². The summed E-state index contributed by atoms with van der Waals surface area (Å²) in [4.78, 5) is 2.12. The molecule has 4 nitrogen and oxygen atoms in total. The highest BCUT2D eigenvalue weighted by molar-refractivity contribution is 7.91. The highest BCUT2D eigenvalue weighted by Crippen LogP contribution is 2.36. The number of rotatable bonds is 7. The molecule has 7 heteroatoms. The first kappa shape index (κ1) is 15.2. The number of sulfonamides is 1. The minimum Gasteiger partial charge on any atom is -0.330 e. The van der Waals surface area contributed by atoms with Crippen molar-refractivity contribution in [3.63, 3.8) is 0 Å². The molecular formula is C14H18N2O2S3. The number of nitrogens with zero attached hydrogens (tertiary/aromatic N) is 1. The Labute approximate surface area is 133 Å². The molecule has 2 aromatic heterocycles. The fourth-order valence-electron chi connectivity index (χ4n) is 2.22. The van der Waals surface area contributed by atoms with Crippen LogP contribution in [0.4, 0.5) is 0 Å². The molecule has 114 valence electrons. The van der Waals surface area contributed by atoms with Crippen molar-refractivity contribution in [1.29, 1.82) is 0 Å². The molecule has 0 radical (unpaired) electrons. The molecule has 0 atom stereocenters. The van der Waals surface area contributed by atoms with Gasteiger partial charge in [0, 0.05) is 22.3 Å². The summed E-state index contributed by atoms with van der Waals surface area (Å²) in [7, 11) is -3.39. The zero-order valence-electron chi connectivity index (χ0n) is 11.6. The van der Waals surface area contributed by atoms with Crippen LogP contribution < -0.4 is 5.73 Å². The van der Waals surface area contributed by atoms with E-state index in [4.69, 9.17) is 5.73 Å². The van der Waals surface area contributed by atoms with Gasteiger partial charge in [0.15, 0.2) is 0 Å². The van der Waals surface area contributed by atoms with Gasteiger partial charge in [0.25, 0.3) is 10.0 Å². The van der Waals surface area contributed by atoms with Crippen LogP contribution in [0.15, 0.2) is 33.9 Å². The quantitative estimate of drug-likeness (QED) is 0.841. The van der Waals surface area contributed by atoms with E-state index in [9.17, 15) is 8.42 Å². The van der Waals surface area contributed by atoms with Gasteiger partial charge in [-0.25, -0.2) is 8.42 Å². The van der Waals surface area contributed by atoms with Crippen LogP contribution in [0.5, 0.6) is 0 Å². The van der Waals surface area contributed by atoms with Crippen LogP contribution in [-0.4, -0.2) is 25.3 Å². The van der Waals surface area contributed by atoms with E-state index in [1.165, 1.54) is 11.3 Å². The summed E-state index contributed by atoms with van der Waals surface area (Å²) in [6.45, 7) is 1.02. The van der Waals surface area contributed by atoms with Gasteiger partial charge >= 0.3 is 0 Å². The van der Waals surface area contributed by atoms with Gasteiger partial charge in [0.1, 0.15) is 4.21 Å². The molecule has 3 rings (SSSR count). The van der Waals surface area contributed by atoms with Crippen LogP contribution in [0.3, 0.4) is 0 Å². The summed E-state index contributed by atoms with van der Waals surface area (Å²) >= 11 is 2.95. The Bertz CT molecular complexity index is 688. The van der Waals surface area contributed by atoms with Gasteiger partial charge in [-0.3, -0.25) is 0 Å². The van der Waals surface area contributed by atoms with Crippen molar-refractivity contribution < 1.29 is 8.42 Å². The molecule has 0 aliphatic heterocycles. The summed E-state index contributed by atoms with van der Waals surface area (Å²) in [5.74, 6) is 0. The Morgan fingerprint density at radius 1 is 1.24 bits per heavy atom. The Morgan fingerprint density at radius 3 is 2.67 bits per heavy atom. The molecule has 1 aliphatic carbocycles. The second-order valence-electron chi connectivity index (χ2n) is 5.12. The minimum atomic E-state index is -3.39. The summed E-state index contributed by atoms with van der Waals surface area (Å²) in [5, 5.41) is 1.98. The van der Waals surface area contributed by atoms with Gasteiger partial charge in [-0.2, -0.15) is 4.31 Å². The Balaban J connectivity index is 1.85. The normalized spacial score (nSPS) is 15.7. The number of hydrogen-bond donors (Lipinski definition) is 1. The fourth-order valence-corrected chi connectivity index (χ4v) is 6.17. The third kappa shape index (κ3) is 3.37. The van der Waals surface area contributed by atoms with Gasteiger partial charge in [-0.1, -0.05) is 6.07 Å². The van der Waals surface area contributed by atoms with Gasteiger partial charge in [-0.15, -0.1) is 22.7 Å². The zero-order valence-corrected chi connectivity index (χ0v) is 14.0. The molecular weight excluding hydrogens is 324 g/mol. The Kier molecular flexibility index (Phi) is 4.46. The van der Waals surface area contributed by atoms with Crippen LogP contribution in [0.1, 0.15) is 22.6 Å². The first-order valence-corrected chi connectivity index (χ1v) is 10.1. The molecule has 1 saturated carbocycles. The maximum atomic E-state index is 12.9. The Hall–Kier alpha value is -0.730. The lowest BCUT2D eigenvalue weighted by Crippen LogP contribution is -2.31. The zero-order chi connectivity index (χ0) is 14.9. The average Bonchev–Trinajstić information content (AvgIpc) is 2.96. The largest absolute Gasteiger partial charge is 0.330 e. The second kappa shape index (κ2) is 6.18. The van der Waals surface area contributed by atoms with Crippen molar-refractivity contribution in [1.82, 2.24) is 4.31 Å². The van der Waals surface area contributed by atoms with E-state index in [1.54, 1.807) is 21.7 Å². The first-order chi connectivity index (χ1) is 10.1. The van der Waals surface area contributed by atoms with E-state index in [1.807, 2.05) is 23.6 Å². The third-order valence-corrected chi connectivity index (χ3v) is 7.81. The molecule has 2 aromatic rings. The molecule has 2 N–H and O–H groups in total. The lowest BCUT2D eigenvalue weighted by Gasteiger charge is -2.20. The lowest BCUT2D eigenvalue weighted by atomic mass is 10.3. The topological polar surface area (TPSA) is 63.4 Å². The van der Waals surface area contributed by atoms with Crippen molar-refractivity contribution in [2.24, 2.45) is 5.73 Å². The molecule has 0 saturated heterocycles. The van der Waals surface area contributed by atoms with E-state index in [0.29, 0.717) is 17.3 Å². The van der Waals surface area contributed by atoms with Crippen molar-refractivity contribution >= 4 is 32.7 Å². The molecule has 21 heavy (non-hydrogen) atoms. The predicted octanol–water partition coefficient (Wildman–Crippen LogP) is 2.66. The SMILES string of the molecule is NCCc1ccc(S(=O)(=O)N(Cc2cccs2)C2CC2)s1. The van der Waals surface area contributed by atoms with Crippen LogP contribution in [0.2, 0.25) is 0 Å². The molecule has 1 fully saturated rings. The van der Waals surface area contributed by atoms with Gasteiger partial charge < -0.3 is 5.73 Å². The van der Waals surface area contributed by atoms with E-state index in [2.05, 4.69) is 0 Å². The molecule has 0 unspecified atom stereocenters. The molecule has 1 aliphatic rings. The van der Waals surface area contributed by atoms with Crippen LogP contribution in [0.25, 0.3) is 0 Å². The number of nitrogens with two attached hydrogens (primary N) is 1. The van der Waals surface area contributed by atoms with Crippen LogP contribution in [0, 0.1) is 0 Å². The van der Waals surface area contributed by atoms with E-state index >= 15 is 0 Å². The summed E-state index contributed by atoms with van der Waals surface area (Å²) < 4.78 is 27.8. The van der Waals surface area contributed by atoms with E-state index < -0.39 is 10.0 Å². The van der Waals surface area contributed by atoms with Crippen molar-refractivity contribution in [3.05, 3.63) is 39.4 Å². The smallest absolute Gasteiger partial charge is 0.253 e. The maximum Gasteiger partial charge on any atom is 0.253 e. The van der Waals surface area contributed by atoms with E-state index in [-0.39, 0.29) is 6.04 Å². The van der Waals surface area contributed by atoms with Gasteiger partial charge in [-0.05, 0) is 49.4 Å². The number of thiophene rings is 2. The molecule has 0 spiro atoms. The van der Waals surface area contributed by atoms with Gasteiger partial charge in [0.05, 0.1) is 0 Å². The van der Waals surface area contributed by atoms with Crippen molar-refractivity contribution in [2.45, 2.75) is 36.1 Å². The van der Waals surface area contributed by atoms with Crippen molar-refractivity contribution in [2.75, 3.05) is 6.54 Å². The molecule has 0 amide bonds. The van der Waals surface area contributed by atoms with E-state index in [0.717, 1.165) is 29.0 Å². The predicted molar refractivity (Wildman–Crippen MR) is 87.1 cm³/mol. The lowest BCUT2D eigenvalue weighted by molar-refractivity contribution is 0.403. The standard InChI is InChI=1S/C14H18N2O2S3/c15-8-7-12-5-6-14(20-12)21(17,18)16(11-3-4-11)10-13-2-1-9-19-13/h1-2,5-6,9,11H,3-4,7-8,10,15H2. The number of hydrogen-bond acceptors (Lipinski definition) is 5. The minimum absolute atomic E-state index is 0.164. The molecule has 0 bridgehead atoms. The Morgan fingerprint density at radius 2 is 2.05 bits per heavy atom. The molecule has 2 heterocycles. The van der Waals surface area contributed by atoms with Gasteiger partial charge in [0.2, 0.25) is 0 Å². The summed E-state index contributed by atoms with van der Waals surface area (Å²) in [6.07, 6.45) is 2.66. The highest BCUT2D eigenvalue weighted by Gasteiger charge is 2.38. The summed E-state index contributed by atoms with van der Waals surface area (Å²) in [6, 6.07) is 7.71.